The Hall–Kier alpha value is -2.82. The van der Waals surface area contributed by atoms with Gasteiger partial charge in [-0.2, -0.15) is 0 Å². The van der Waals surface area contributed by atoms with Gasteiger partial charge in [0.1, 0.15) is 18.3 Å². The topological polar surface area (TPSA) is 49.9 Å². The summed E-state index contributed by atoms with van der Waals surface area (Å²) in [6, 6.07) is 15.7. The minimum absolute atomic E-state index is 0.0161. The molecule has 0 spiro atoms. The molecule has 1 atom stereocenters. The number of fused-ring (bicyclic) bond motifs is 6. The van der Waals surface area contributed by atoms with Crippen molar-refractivity contribution in [3.05, 3.63) is 54.1 Å². The summed E-state index contributed by atoms with van der Waals surface area (Å²) < 4.78 is 5.53. The molecule has 0 bridgehead atoms. The number of benzene rings is 2. The van der Waals surface area contributed by atoms with E-state index in [-0.39, 0.29) is 12.5 Å². The van der Waals surface area contributed by atoms with Crippen LogP contribution in [0.25, 0.3) is 11.1 Å². The molecule has 4 rings (SSSR count). The zero-order valence-electron chi connectivity index (χ0n) is 14.5. The van der Waals surface area contributed by atoms with Crippen LogP contribution < -0.4 is 4.90 Å². The standard InChI is InChI=1S/C20H20N2O3/c1-20(2,3)25-19(24)21-12-17(23)22-16-11-7-6-9-14(16)13-8-4-5-10-15(13)18(21)22/h4-11,18H,12H2,1-3H3. The van der Waals surface area contributed by atoms with Crippen LogP contribution in [0.5, 0.6) is 0 Å². The van der Waals surface area contributed by atoms with Gasteiger partial charge in [0, 0.05) is 11.1 Å². The van der Waals surface area contributed by atoms with Crippen LogP contribution in [0, 0.1) is 0 Å². The Morgan fingerprint density at radius 3 is 2.40 bits per heavy atom. The van der Waals surface area contributed by atoms with Gasteiger partial charge in [-0.15, -0.1) is 0 Å². The second-order valence-electron chi connectivity index (χ2n) is 7.35. The van der Waals surface area contributed by atoms with E-state index in [0.29, 0.717) is 0 Å². The quantitative estimate of drug-likeness (QED) is 0.732. The largest absolute Gasteiger partial charge is 0.444 e. The molecule has 1 saturated heterocycles. The van der Waals surface area contributed by atoms with Crippen molar-refractivity contribution in [3.8, 4) is 11.1 Å². The molecule has 0 aromatic heterocycles. The van der Waals surface area contributed by atoms with E-state index >= 15 is 0 Å². The number of nitrogens with zero attached hydrogens (tertiary/aromatic N) is 2. The van der Waals surface area contributed by atoms with E-state index in [1.807, 2.05) is 69.3 Å². The van der Waals surface area contributed by atoms with Crippen molar-refractivity contribution < 1.29 is 14.3 Å². The fourth-order valence-corrected chi connectivity index (χ4v) is 3.52. The Morgan fingerprint density at radius 2 is 1.68 bits per heavy atom. The minimum atomic E-state index is -0.611. The first-order valence-corrected chi connectivity index (χ1v) is 8.37. The molecule has 25 heavy (non-hydrogen) atoms. The zero-order valence-corrected chi connectivity index (χ0v) is 14.5. The molecular weight excluding hydrogens is 316 g/mol. The van der Waals surface area contributed by atoms with Crippen LogP contribution in [0.4, 0.5) is 10.5 Å². The van der Waals surface area contributed by atoms with Crippen LogP contribution in [-0.2, 0) is 9.53 Å². The highest BCUT2D eigenvalue weighted by Crippen LogP contribution is 2.48. The van der Waals surface area contributed by atoms with E-state index in [9.17, 15) is 9.59 Å². The summed E-state index contributed by atoms with van der Waals surface area (Å²) in [5.74, 6) is -0.0992. The van der Waals surface area contributed by atoms with Gasteiger partial charge in [-0.05, 0) is 32.4 Å². The van der Waals surface area contributed by atoms with E-state index in [0.717, 1.165) is 22.4 Å². The average molecular weight is 336 g/mol. The molecule has 2 aromatic rings. The molecule has 1 unspecified atom stereocenters. The highest BCUT2D eigenvalue weighted by molar-refractivity contribution is 6.05. The van der Waals surface area contributed by atoms with Crippen molar-refractivity contribution in [3.63, 3.8) is 0 Å². The number of anilines is 1. The van der Waals surface area contributed by atoms with Gasteiger partial charge in [-0.25, -0.2) is 4.79 Å². The van der Waals surface area contributed by atoms with E-state index in [1.54, 1.807) is 4.90 Å². The number of rotatable bonds is 0. The van der Waals surface area contributed by atoms with E-state index < -0.39 is 17.9 Å². The third kappa shape index (κ3) is 2.47. The molecule has 5 heteroatoms. The molecule has 0 radical (unpaired) electrons. The van der Waals surface area contributed by atoms with E-state index in [1.165, 1.54) is 4.90 Å². The summed E-state index contributed by atoms with van der Waals surface area (Å²) in [6.07, 6.45) is -0.934. The summed E-state index contributed by atoms with van der Waals surface area (Å²) in [6.45, 7) is 5.49. The second kappa shape index (κ2) is 5.34. The van der Waals surface area contributed by atoms with Crippen molar-refractivity contribution in [1.29, 1.82) is 0 Å². The summed E-state index contributed by atoms with van der Waals surface area (Å²) in [7, 11) is 0. The lowest BCUT2D eigenvalue weighted by Crippen LogP contribution is -2.40. The molecule has 2 heterocycles. The highest BCUT2D eigenvalue weighted by atomic mass is 16.6. The lowest BCUT2D eigenvalue weighted by Gasteiger charge is -2.37. The zero-order chi connectivity index (χ0) is 17.8. The molecule has 1 fully saturated rings. The lowest BCUT2D eigenvalue weighted by molar-refractivity contribution is -0.116. The molecule has 2 aliphatic heterocycles. The first-order chi connectivity index (χ1) is 11.9. The maximum atomic E-state index is 12.7. The number of carbonyl (C=O) groups excluding carboxylic acids is 2. The number of ether oxygens (including phenoxy) is 1. The lowest BCUT2D eigenvalue weighted by atomic mass is 9.91. The van der Waals surface area contributed by atoms with Gasteiger partial charge in [0.15, 0.2) is 0 Å². The summed E-state index contributed by atoms with van der Waals surface area (Å²) in [5, 5.41) is 0. The fourth-order valence-electron chi connectivity index (χ4n) is 3.52. The molecule has 2 aliphatic rings. The Morgan fingerprint density at radius 1 is 1.04 bits per heavy atom. The van der Waals surface area contributed by atoms with Gasteiger partial charge >= 0.3 is 6.09 Å². The number of amides is 2. The Balaban J connectivity index is 1.84. The summed E-state index contributed by atoms with van der Waals surface area (Å²) in [4.78, 5) is 28.7. The van der Waals surface area contributed by atoms with Crippen LogP contribution in [0.2, 0.25) is 0 Å². The highest BCUT2D eigenvalue weighted by Gasteiger charge is 2.47. The van der Waals surface area contributed by atoms with Gasteiger partial charge in [0.25, 0.3) is 0 Å². The van der Waals surface area contributed by atoms with Crippen molar-refractivity contribution in [2.75, 3.05) is 11.4 Å². The molecule has 0 saturated carbocycles. The number of carbonyl (C=O) groups is 2. The maximum Gasteiger partial charge on any atom is 0.412 e. The number of hydrogen-bond acceptors (Lipinski definition) is 3. The van der Waals surface area contributed by atoms with Crippen molar-refractivity contribution in [1.82, 2.24) is 4.90 Å². The van der Waals surface area contributed by atoms with E-state index in [2.05, 4.69) is 0 Å². The summed E-state index contributed by atoms with van der Waals surface area (Å²) in [5.41, 5.74) is 3.22. The predicted octanol–water partition coefficient (Wildman–Crippen LogP) is 3.95. The van der Waals surface area contributed by atoms with Gasteiger partial charge in [-0.3, -0.25) is 14.6 Å². The van der Waals surface area contributed by atoms with Crippen molar-refractivity contribution in [2.45, 2.75) is 32.5 Å². The van der Waals surface area contributed by atoms with Crippen LogP contribution in [0.3, 0.4) is 0 Å². The third-order valence-electron chi connectivity index (χ3n) is 4.43. The van der Waals surface area contributed by atoms with Gasteiger partial charge < -0.3 is 4.74 Å². The van der Waals surface area contributed by atoms with Gasteiger partial charge in [0.2, 0.25) is 5.91 Å². The van der Waals surface area contributed by atoms with Gasteiger partial charge in [0.05, 0.1) is 5.69 Å². The van der Waals surface area contributed by atoms with Crippen LogP contribution in [0.1, 0.15) is 32.5 Å². The van der Waals surface area contributed by atoms with Gasteiger partial charge in [-0.1, -0.05) is 42.5 Å². The first-order valence-electron chi connectivity index (χ1n) is 8.37. The number of hydrogen-bond donors (Lipinski definition) is 0. The molecule has 128 valence electrons. The van der Waals surface area contributed by atoms with Crippen LogP contribution in [-0.4, -0.2) is 29.0 Å². The Kier molecular flexibility index (Phi) is 3.35. The number of para-hydroxylation sites is 1. The third-order valence-corrected chi connectivity index (χ3v) is 4.43. The minimum Gasteiger partial charge on any atom is -0.444 e. The fraction of sp³-hybridized carbons (Fsp3) is 0.300. The Labute approximate surface area is 146 Å². The molecule has 5 nitrogen and oxygen atoms in total. The summed E-state index contributed by atoms with van der Waals surface area (Å²) >= 11 is 0. The van der Waals surface area contributed by atoms with Crippen molar-refractivity contribution in [2.24, 2.45) is 0 Å². The van der Waals surface area contributed by atoms with Crippen LogP contribution >= 0.6 is 0 Å². The monoisotopic (exact) mass is 336 g/mol. The molecule has 0 aliphatic carbocycles. The van der Waals surface area contributed by atoms with Crippen molar-refractivity contribution >= 4 is 17.7 Å². The smallest absolute Gasteiger partial charge is 0.412 e. The molecule has 2 aromatic carbocycles. The SMILES string of the molecule is CC(C)(C)OC(=O)N1CC(=O)N2c3ccccc3-c3ccccc3C12. The molecular formula is C20H20N2O3. The first kappa shape index (κ1) is 15.7. The predicted molar refractivity (Wildman–Crippen MR) is 95.0 cm³/mol. The second-order valence-corrected chi connectivity index (χ2v) is 7.35. The van der Waals surface area contributed by atoms with Crippen LogP contribution in [0.15, 0.2) is 48.5 Å². The molecule has 2 amide bonds. The average Bonchev–Trinajstić information content (AvgIpc) is 2.92. The molecule has 0 N–H and O–H groups in total. The van der Waals surface area contributed by atoms with E-state index in [4.69, 9.17) is 4.74 Å². The Bertz CT molecular complexity index is 869. The normalized spacial score (nSPS) is 18.5. The maximum absolute atomic E-state index is 12.7.